The lowest BCUT2D eigenvalue weighted by Crippen LogP contribution is -2.01. The van der Waals surface area contributed by atoms with E-state index in [9.17, 15) is 4.39 Å². The Bertz CT molecular complexity index is 403. The molecule has 0 aliphatic rings. The molecule has 2 aromatic rings. The number of anilines is 1. The molecular formula is C11H14FN3O. The maximum atomic E-state index is 11.9. The molecule has 16 heavy (non-hydrogen) atoms. The van der Waals surface area contributed by atoms with Crippen LogP contribution in [0.3, 0.4) is 0 Å². The molecule has 5 heteroatoms. The van der Waals surface area contributed by atoms with Gasteiger partial charge in [-0.25, -0.2) is 4.39 Å². The number of nitrogens with zero attached hydrogens (tertiary/aromatic N) is 2. The van der Waals surface area contributed by atoms with Crippen LogP contribution < -0.4 is 5.73 Å². The molecule has 0 aliphatic heterocycles. The van der Waals surface area contributed by atoms with Gasteiger partial charge >= 0.3 is 0 Å². The molecule has 1 aromatic carbocycles. The Morgan fingerprint density at radius 3 is 2.38 bits per heavy atom. The average Bonchev–Trinajstić information content (AvgIpc) is 2.67. The van der Waals surface area contributed by atoms with E-state index in [2.05, 4.69) is 5.10 Å². The first-order chi connectivity index (χ1) is 7.72. The van der Waals surface area contributed by atoms with Crippen LogP contribution in [0.2, 0.25) is 0 Å². The van der Waals surface area contributed by atoms with Gasteiger partial charge in [0.15, 0.2) is 0 Å². The molecule has 0 spiro atoms. The zero-order chi connectivity index (χ0) is 11.8. The van der Waals surface area contributed by atoms with E-state index < -0.39 is 0 Å². The minimum atomic E-state index is -0.178. The summed E-state index contributed by atoms with van der Waals surface area (Å²) in [5.74, 6) is -0.178. The molecular weight excluding hydrogens is 209 g/mol. The van der Waals surface area contributed by atoms with E-state index in [4.69, 9.17) is 10.8 Å². The van der Waals surface area contributed by atoms with E-state index >= 15 is 0 Å². The number of hydrogen-bond acceptors (Lipinski definition) is 3. The maximum absolute atomic E-state index is 11.9. The quantitative estimate of drug-likeness (QED) is 0.806. The zero-order valence-electron chi connectivity index (χ0n) is 8.75. The van der Waals surface area contributed by atoms with E-state index in [-0.39, 0.29) is 12.4 Å². The normalized spacial score (nSPS) is 9.38. The highest BCUT2D eigenvalue weighted by atomic mass is 19.1. The molecule has 4 nitrogen and oxygen atoms in total. The fourth-order valence-electron chi connectivity index (χ4n) is 1.02. The predicted molar refractivity (Wildman–Crippen MR) is 60.1 cm³/mol. The first-order valence-electron chi connectivity index (χ1n) is 4.81. The first-order valence-corrected chi connectivity index (χ1v) is 4.81. The average molecular weight is 223 g/mol. The van der Waals surface area contributed by atoms with Gasteiger partial charge in [0, 0.05) is 6.20 Å². The van der Waals surface area contributed by atoms with Gasteiger partial charge in [0.1, 0.15) is 5.82 Å². The van der Waals surface area contributed by atoms with Crippen LogP contribution in [-0.2, 0) is 6.54 Å². The molecule has 0 aliphatic carbocycles. The molecule has 0 radical (unpaired) electrons. The topological polar surface area (TPSA) is 64.1 Å². The monoisotopic (exact) mass is 223 g/mol. The van der Waals surface area contributed by atoms with Crippen molar-refractivity contribution < 1.29 is 9.50 Å². The molecule has 3 N–H and O–H groups in total. The zero-order valence-corrected chi connectivity index (χ0v) is 8.75. The molecule has 2 rings (SSSR count). The molecule has 0 atom stereocenters. The van der Waals surface area contributed by atoms with Crippen molar-refractivity contribution in [2.24, 2.45) is 0 Å². The van der Waals surface area contributed by atoms with Crippen LogP contribution in [0, 0.1) is 5.82 Å². The molecule has 86 valence electrons. The largest absolute Gasteiger partial charge is 0.396 e. The Hall–Kier alpha value is -1.88. The van der Waals surface area contributed by atoms with Gasteiger partial charge in [0.2, 0.25) is 0 Å². The minimum Gasteiger partial charge on any atom is -0.396 e. The summed E-state index contributed by atoms with van der Waals surface area (Å²) in [7, 11) is 0. The fraction of sp³-hybridized carbons (Fsp3) is 0.182. The van der Waals surface area contributed by atoms with Crippen molar-refractivity contribution in [2.75, 3.05) is 12.3 Å². The van der Waals surface area contributed by atoms with Crippen molar-refractivity contribution in [3.63, 3.8) is 0 Å². The summed E-state index contributed by atoms with van der Waals surface area (Å²) in [4.78, 5) is 0. The van der Waals surface area contributed by atoms with E-state index in [1.807, 2.05) is 0 Å². The van der Waals surface area contributed by atoms with Crippen LogP contribution in [0.15, 0.2) is 42.7 Å². The lowest BCUT2D eigenvalue weighted by atomic mass is 10.4. The number of rotatable bonds is 2. The van der Waals surface area contributed by atoms with Gasteiger partial charge in [-0.2, -0.15) is 5.10 Å². The van der Waals surface area contributed by atoms with Gasteiger partial charge in [-0.05, 0) is 12.1 Å². The van der Waals surface area contributed by atoms with Gasteiger partial charge in [0.05, 0.1) is 25.0 Å². The number of halogens is 1. The third kappa shape index (κ3) is 4.56. The molecule has 0 fully saturated rings. The molecule has 1 heterocycles. The summed E-state index contributed by atoms with van der Waals surface area (Å²) in [6.07, 6.45) is 3.23. The Kier molecular flexibility index (Phi) is 5.01. The van der Waals surface area contributed by atoms with Gasteiger partial charge in [-0.15, -0.1) is 0 Å². The van der Waals surface area contributed by atoms with E-state index in [1.54, 1.807) is 35.3 Å². The fourth-order valence-corrected chi connectivity index (χ4v) is 1.02. The van der Waals surface area contributed by atoms with E-state index in [0.29, 0.717) is 12.2 Å². The summed E-state index contributed by atoms with van der Waals surface area (Å²) in [6, 6.07) is 7.94. The predicted octanol–water partition coefficient (Wildman–Crippen LogP) is 1.28. The van der Waals surface area contributed by atoms with Crippen molar-refractivity contribution in [1.82, 2.24) is 9.78 Å². The van der Waals surface area contributed by atoms with E-state index in [0.717, 1.165) is 0 Å². The van der Waals surface area contributed by atoms with E-state index in [1.165, 1.54) is 12.1 Å². The highest BCUT2D eigenvalue weighted by Crippen LogP contribution is 1.96. The molecule has 0 amide bonds. The van der Waals surface area contributed by atoms with Crippen LogP contribution in [-0.4, -0.2) is 21.5 Å². The van der Waals surface area contributed by atoms with Gasteiger partial charge in [-0.3, -0.25) is 4.68 Å². The lowest BCUT2D eigenvalue weighted by molar-refractivity contribution is 0.269. The highest BCUT2D eigenvalue weighted by molar-refractivity contribution is 5.30. The van der Waals surface area contributed by atoms with Crippen molar-refractivity contribution in [3.8, 4) is 0 Å². The Balaban J connectivity index is 0.000000165. The van der Waals surface area contributed by atoms with Crippen LogP contribution >= 0.6 is 0 Å². The van der Waals surface area contributed by atoms with Crippen molar-refractivity contribution in [2.45, 2.75) is 6.54 Å². The molecule has 0 saturated carbocycles. The number of aromatic nitrogens is 2. The number of nitrogen functional groups attached to an aromatic ring is 1. The van der Waals surface area contributed by atoms with Gasteiger partial charge in [0.25, 0.3) is 0 Å². The second-order valence-electron chi connectivity index (χ2n) is 3.06. The summed E-state index contributed by atoms with van der Waals surface area (Å²) >= 11 is 0. The SMILES string of the molecule is Fc1ccccc1.Nc1cnn(CCO)c1. The van der Waals surface area contributed by atoms with Crippen LogP contribution in [0.5, 0.6) is 0 Å². The first kappa shape index (κ1) is 12.2. The van der Waals surface area contributed by atoms with Crippen molar-refractivity contribution in [3.05, 3.63) is 48.5 Å². The third-order valence-electron chi connectivity index (χ3n) is 1.72. The van der Waals surface area contributed by atoms with Crippen molar-refractivity contribution >= 4 is 5.69 Å². The summed E-state index contributed by atoms with van der Waals surface area (Å²) < 4.78 is 13.5. The number of benzene rings is 1. The number of aliphatic hydroxyl groups excluding tert-OH is 1. The number of hydrogen-bond donors (Lipinski definition) is 2. The number of nitrogens with two attached hydrogens (primary N) is 1. The molecule has 0 unspecified atom stereocenters. The van der Waals surface area contributed by atoms with Crippen LogP contribution in [0.25, 0.3) is 0 Å². The molecule has 1 aromatic heterocycles. The summed E-state index contributed by atoms with van der Waals surface area (Å²) in [5, 5.41) is 12.3. The third-order valence-corrected chi connectivity index (χ3v) is 1.72. The second-order valence-corrected chi connectivity index (χ2v) is 3.06. The summed E-state index contributed by atoms with van der Waals surface area (Å²) in [5.41, 5.74) is 5.97. The van der Waals surface area contributed by atoms with Gasteiger partial charge < -0.3 is 10.8 Å². The molecule has 0 saturated heterocycles. The van der Waals surface area contributed by atoms with Crippen molar-refractivity contribution in [1.29, 1.82) is 0 Å². The smallest absolute Gasteiger partial charge is 0.123 e. The van der Waals surface area contributed by atoms with Crippen LogP contribution in [0.4, 0.5) is 10.1 Å². The highest BCUT2D eigenvalue weighted by Gasteiger charge is 1.90. The lowest BCUT2D eigenvalue weighted by Gasteiger charge is -1.92. The number of aliphatic hydroxyl groups is 1. The van der Waals surface area contributed by atoms with Crippen LogP contribution in [0.1, 0.15) is 0 Å². The Labute approximate surface area is 93.1 Å². The van der Waals surface area contributed by atoms with Gasteiger partial charge in [-0.1, -0.05) is 18.2 Å². The second kappa shape index (κ2) is 6.58. The standard InChI is InChI=1S/C6H5F.C5H9N3O/c7-6-4-2-1-3-5-6;6-5-3-7-8(4-5)1-2-9/h1-5H;3-4,9H,1-2,6H2. The molecule has 0 bridgehead atoms. The Morgan fingerprint density at radius 2 is 2.00 bits per heavy atom. The Morgan fingerprint density at radius 1 is 1.31 bits per heavy atom. The summed E-state index contributed by atoms with van der Waals surface area (Å²) in [6.45, 7) is 0.609. The minimum absolute atomic E-state index is 0.0983. The maximum Gasteiger partial charge on any atom is 0.123 e.